The van der Waals surface area contributed by atoms with Crippen LogP contribution in [0.25, 0.3) is 0 Å². The van der Waals surface area contributed by atoms with Gasteiger partial charge in [0.1, 0.15) is 0 Å². The van der Waals surface area contributed by atoms with Gasteiger partial charge in [-0.25, -0.2) is 0 Å². The minimum Gasteiger partial charge on any atom is -0.371 e. The first-order valence-electron chi connectivity index (χ1n) is 1.98. The van der Waals surface area contributed by atoms with Crippen LogP contribution in [0, 0.1) is 12.7 Å². The SMILES string of the molecule is [C]1=CC[CH]OC1. The van der Waals surface area contributed by atoms with E-state index >= 15 is 0 Å². The van der Waals surface area contributed by atoms with Gasteiger partial charge in [-0.1, -0.05) is 6.08 Å². The van der Waals surface area contributed by atoms with E-state index in [1.54, 1.807) is 6.61 Å². The molecule has 1 heteroatoms. The molecule has 6 heavy (non-hydrogen) atoms. The van der Waals surface area contributed by atoms with Gasteiger partial charge in [0.05, 0.1) is 13.2 Å². The second kappa shape index (κ2) is 1.98. The molecule has 32 valence electrons. The van der Waals surface area contributed by atoms with Gasteiger partial charge in [-0.2, -0.15) is 0 Å². The maximum Gasteiger partial charge on any atom is 0.0878 e. The van der Waals surface area contributed by atoms with Crippen LogP contribution in [0.3, 0.4) is 0 Å². The number of rotatable bonds is 0. The molecule has 0 amide bonds. The minimum atomic E-state index is 0.639. The lowest BCUT2D eigenvalue weighted by Gasteiger charge is -1.99. The smallest absolute Gasteiger partial charge is 0.0878 e. The Morgan fingerprint density at radius 1 is 1.67 bits per heavy atom. The summed E-state index contributed by atoms with van der Waals surface area (Å²) in [7, 11) is 0. The van der Waals surface area contributed by atoms with E-state index in [0.29, 0.717) is 6.61 Å². The predicted molar refractivity (Wildman–Crippen MR) is 22.7 cm³/mol. The van der Waals surface area contributed by atoms with Crippen molar-refractivity contribution in [2.24, 2.45) is 0 Å². The summed E-state index contributed by atoms with van der Waals surface area (Å²) in [4.78, 5) is 0. The summed E-state index contributed by atoms with van der Waals surface area (Å²) in [6.45, 7) is 2.41. The fourth-order valence-corrected chi connectivity index (χ4v) is 0.365. The van der Waals surface area contributed by atoms with Crippen LogP contribution in [0.15, 0.2) is 6.08 Å². The van der Waals surface area contributed by atoms with Crippen LogP contribution in [0.5, 0.6) is 0 Å². The maximum absolute atomic E-state index is 4.80. The first-order chi connectivity index (χ1) is 3.00. The second-order valence-electron chi connectivity index (χ2n) is 1.12. The third-order valence-corrected chi connectivity index (χ3v) is 0.643. The third-order valence-electron chi connectivity index (χ3n) is 0.643. The average Bonchev–Trinajstić information content (AvgIpc) is 1.72. The Balaban J connectivity index is 2.26. The van der Waals surface area contributed by atoms with Crippen molar-refractivity contribution in [2.75, 3.05) is 6.61 Å². The van der Waals surface area contributed by atoms with E-state index in [4.69, 9.17) is 4.74 Å². The van der Waals surface area contributed by atoms with E-state index in [-0.39, 0.29) is 0 Å². The van der Waals surface area contributed by atoms with Crippen LogP contribution in [0.2, 0.25) is 0 Å². The number of ether oxygens (including phenoxy) is 1. The molecule has 1 heterocycles. The van der Waals surface area contributed by atoms with Crippen LogP contribution in [-0.2, 0) is 4.74 Å². The van der Waals surface area contributed by atoms with Gasteiger partial charge in [0.15, 0.2) is 0 Å². The van der Waals surface area contributed by atoms with Gasteiger partial charge in [0.25, 0.3) is 0 Å². The van der Waals surface area contributed by atoms with Crippen molar-refractivity contribution in [3.05, 3.63) is 18.8 Å². The molecule has 0 aromatic heterocycles. The third kappa shape index (κ3) is 0.830. The monoisotopic (exact) mass is 82.0 g/mol. The van der Waals surface area contributed by atoms with Crippen molar-refractivity contribution in [1.29, 1.82) is 0 Å². The molecule has 0 fully saturated rings. The van der Waals surface area contributed by atoms with E-state index in [9.17, 15) is 0 Å². The normalized spacial score (nSPS) is 21.3. The summed E-state index contributed by atoms with van der Waals surface area (Å²) in [5.74, 6) is 0. The molecule has 0 aliphatic carbocycles. The fourth-order valence-electron chi connectivity index (χ4n) is 0.365. The molecule has 0 spiro atoms. The lowest BCUT2D eigenvalue weighted by atomic mass is 10.3. The van der Waals surface area contributed by atoms with Gasteiger partial charge in [0.2, 0.25) is 0 Å². The first-order valence-corrected chi connectivity index (χ1v) is 1.98. The highest BCUT2D eigenvalue weighted by atomic mass is 16.5. The van der Waals surface area contributed by atoms with E-state index in [1.807, 2.05) is 6.08 Å². The topological polar surface area (TPSA) is 9.23 Å². The van der Waals surface area contributed by atoms with Crippen molar-refractivity contribution in [3.63, 3.8) is 0 Å². The summed E-state index contributed by atoms with van der Waals surface area (Å²) in [6.07, 6.45) is 5.78. The second-order valence-corrected chi connectivity index (χ2v) is 1.12. The highest BCUT2D eigenvalue weighted by Crippen LogP contribution is 1.96. The first kappa shape index (κ1) is 3.88. The number of hydrogen-bond donors (Lipinski definition) is 0. The van der Waals surface area contributed by atoms with Gasteiger partial charge in [-0.15, -0.1) is 0 Å². The zero-order valence-electron chi connectivity index (χ0n) is 3.48. The van der Waals surface area contributed by atoms with Gasteiger partial charge in [-0.05, 0) is 12.5 Å². The van der Waals surface area contributed by atoms with Crippen LogP contribution in [0.4, 0.5) is 0 Å². The maximum atomic E-state index is 4.80. The quantitative estimate of drug-likeness (QED) is 0.422. The van der Waals surface area contributed by atoms with Gasteiger partial charge >= 0.3 is 0 Å². The highest BCUT2D eigenvalue weighted by Gasteiger charge is 1.87. The summed E-state index contributed by atoms with van der Waals surface area (Å²) in [6, 6.07) is 0. The average molecular weight is 82.1 g/mol. The molecule has 0 aromatic rings. The molecule has 1 aliphatic heterocycles. The zero-order valence-corrected chi connectivity index (χ0v) is 3.48. The number of hydrogen-bond acceptors (Lipinski definition) is 1. The summed E-state index contributed by atoms with van der Waals surface area (Å²) < 4.78 is 4.80. The molecule has 1 nitrogen and oxygen atoms in total. The van der Waals surface area contributed by atoms with Crippen molar-refractivity contribution >= 4 is 0 Å². The Morgan fingerprint density at radius 3 is 2.83 bits per heavy atom. The van der Waals surface area contributed by atoms with Crippen molar-refractivity contribution in [1.82, 2.24) is 0 Å². The van der Waals surface area contributed by atoms with E-state index < -0.39 is 0 Å². The Kier molecular flexibility index (Phi) is 1.28. The molecule has 0 atom stereocenters. The molecule has 1 rings (SSSR count). The fraction of sp³-hybridized carbons (Fsp3) is 0.400. The highest BCUT2D eigenvalue weighted by molar-refractivity contribution is 4.81. The molecule has 0 bridgehead atoms. The molecular weight excluding hydrogens is 76.1 g/mol. The molecule has 2 radical (unpaired) electrons. The van der Waals surface area contributed by atoms with Crippen molar-refractivity contribution < 1.29 is 4.74 Å². The van der Waals surface area contributed by atoms with Crippen molar-refractivity contribution in [3.8, 4) is 0 Å². The summed E-state index contributed by atoms with van der Waals surface area (Å²) >= 11 is 0. The minimum absolute atomic E-state index is 0.639. The van der Waals surface area contributed by atoms with Crippen LogP contribution >= 0.6 is 0 Å². The standard InChI is InChI=1S/C5H6O/c1-2-4-6-5-3-1/h1,4H,2,5H2. The molecular formula is C5H6O. The Morgan fingerprint density at radius 2 is 2.67 bits per heavy atom. The lowest BCUT2D eigenvalue weighted by molar-refractivity contribution is 0.217. The largest absolute Gasteiger partial charge is 0.371 e. The molecule has 0 unspecified atom stereocenters. The molecule has 0 saturated carbocycles. The van der Waals surface area contributed by atoms with E-state index in [2.05, 4.69) is 6.08 Å². The van der Waals surface area contributed by atoms with E-state index in [0.717, 1.165) is 6.42 Å². The van der Waals surface area contributed by atoms with Crippen LogP contribution in [-0.4, -0.2) is 6.61 Å². The summed E-state index contributed by atoms with van der Waals surface area (Å²) in [5.41, 5.74) is 0. The van der Waals surface area contributed by atoms with E-state index in [1.165, 1.54) is 0 Å². The Bertz CT molecular complexity index is 49.0. The molecule has 0 aromatic carbocycles. The van der Waals surface area contributed by atoms with Crippen molar-refractivity contribution in [2.45, 2.75) is 6.42 Å². The Labute approximate surface area is 37.6 Å². The van der Waals surface area contributed by atoms with Gasteiger partial charge < -0.3 is 4.74 Å². The Hall–Kier alpha value is -0.300. The molecule has 1 aliphatic rings. The van der Waals surface area contributed by atoms with Gasteiger partial charge in [0, 0.05) is 0 Å². The zero-order chi connectivity index (χ0) is 4.24. The van der Waals surface area contributed by atoms with Gasteiger partial charge in [-0.3, -0.25) is 0 Å². The van der Waals surface area contributed by atoms with Crippen LogP contribution < -0.4 is 0 Å². The molecule has 0 saturated heterocycles. The van der Waals surface area contributed by atoms with Crippen LogP contribution in [0.1, 0.15) is 6.42 Å². The summed E-state index contributed by atoms with van der Waals surface area (Å²) in [5, 5.41) is 0. The lowest BCUT2D eigenvalue weighted by Crippen LogP contribution is -1.91. The molecule has 0 N–H and O–H groups in total. The predicted octanol–water partition coefficient (Wildman–Crippen LogP) is 0.928.